The van der Waals surface area contributed by atoms with E-state index >= 15 is 0 Å². The van der Waals surface area contributed by atoms with E-state index in [4.69, 9.17) is 5.41 Å². The molecule has 0 aromatic carbocycles. The Labute approximate surface area is 45.4 Å². The molecular formula is C4H4N2O2. The van der Waals surface area contributed by atoms with Crippen molar-refractivity contribution >= 4 is 17.5 Å². The van der Waals surface area contributed by atoms with Crippen LogP contribution < -0.4 is 5.32 Å². The molecule has 1 aliphatic rings. The Hall–Kier alpha value is -1.19. The molecule has 2 amide bonds. The molecule has 1 aliphatic heterocycles. The molecule has 4 heteroatoms. The number of carbonyl (C=O) groups is 2. The van der Waals surface area contributed by atoms with Crippen molar-refractivity contribution in [3.8, 4) is 0 Å². The van der Waals surface area contributed by atoms with Crippen molar-refractivity contribution in [2.24, 2.45) is 0 Å². The number of imide groups is 1. The summed E-state index contributed by atoms with van der Waals surface area (Å²) >= 11 is 0. The lowest BCUT2D eigenvalue weighted by Gasteiger charge is -1.79. The Morgan fingerprint density at radius 2 is 2.12 bits per heavy atom. The molecule has 4 nitrogen and oxygen atoms in total. The molecule has 1 saturated heterocycles. The second kappa shape index (κ2) is 1.40. The minimum atomic E-state index is -0.560. The Kier molecular flexibility index (Phi) is 0.865. The van der Waals surface area contributed by atoms with Crippen LogP contribution in [0.2, 0.25) is 0 Å². The van der Waals surface area contributed by atoms with Gasteiger partial charge in [0.2, 0.25) is 5.91 Å². The first-order valence-electron chi connectivity index (χ1n) is 2.12. The third-order valence-electron chi connectivity index (χ3n) is 0.864. The molecular weight excluding hydrogens is 108 g/mol. The molecule has 0 radical (unpaired) electrons. The highest BCUT2D eigenvalue weighted by molar-refractivity contribution is 6.47. The number of hydrogen-bond donors (Lipinski definition) is 2. The Balaban J connectivity index is 2.79. The standard InChI is InChI=1S/C4H4N2O2/c5-2-1-3(7)6-4(2)8/h5H,1H2,(H,6,7,8). The van der Waals surface area contributed by atoms with Gasteiger partial charge in [-0.1, -0.05) is 0 Å². The fourth-order valence-corrected chi connectivity index (χ4v) is 0.487. The van der Waals surface area contributed by atoms with Gasteiger partial charge in [0.15, 0.2) is 0 Å². The Morgan fingerprint density at radius 3 is 2.25 bits per heavy atom. The predicted octanol–water partition coefficient (Wildman–Crippen LogP) is -0.947. The molecule has 1 rings (SSSR count). The number of rotatable bonds is 0. The van der Waals surface area contributed by atoms with Crippen molar-refractivity contribution in [1.82, 2.24) is 5.32 Å². The van der Waals surface area contributed by atoms with Gasteiger partial charge >= 0.3 is 0 Å². The minimum Gasteiger partial charge on any atom is -0.299 e. The van der Waals surface area contributed by atoms with Crippen molar-refractivity contribution in [2.75, 3.05) is 0 Å². The van der Waals surface area contributed by atoms with Crippen LogP contribution in [0.15, 0.2) is 0 Å². The molecule has 0 bridgehead atoms. The lowest BCUT2D eigenvalue weighted by Crippen LogP contribution is -2.21. The Morgan fingerprint density at radius 1 is 1.50 bits per heavy atom. The summed E-state index contributed by atoms with van der Waals surface area (Å²) in [7, 11) is 0. The average molecular weight is 112 g/mol. The first-order valence-corrected chi connectivity index (χ1v) is 2.12. The maximum Gasteiger partial charge on any atom is 0.272 e. The third-order valence-corrected chi connectivity index (χ3v) is 0.864. The van der Waals surface area contributed by atoms with Gasteiger partial charge in [-0.3, -0.25) is 20.3 Å². The summed E-state index contributed by atoms with van der Waals surface area (Å²) in [5.74, 6) is -0.935. The topological polar surface area (TPSA) is 70.0 Å². The van der Waals surface area contributed by atoms with Crippen LogP contribution in [0.5, 0.6) is 0 Å². The van der Waals surface area contributed by atoms with Gasteiger partial charge in [-0.2, -0.15) is 0 Å². The maximum absolute atomic E-state index is 10.2. The number of nitrogens with one attached hydrogen (secondary N) is 2. The van der Waals surface area contributed by atoms with E-state index in [-0.39, 0.29) is 18.0 Å². The monoisotopic (exact) mass is 112 g/mol. The normalized spacial score (nSPS) is 19.2. The molecule has 8 heavy (non-hydrogen) atoms. The molecule has 42 valence electrons. The van der Waals surface area contributed by atoms with Gasteiger partial charge in [0.05, 0.1) is 6.42 Å². The van der Waals surface area contributed by atoms with Gasteiger partial charge in [0, 0.05) is 0 Å². The zero-order valence-corrected chi connectivity index (χ0v) is 4.02. The minimum absolute atomic E-state index is 0.0567. The van der Waals surface area contributed by atoms with Gasteiger partial charge < -0.3 is 0 Å². The van der Waals surface area contributed by atoms with Crippen LogP contribution in [0.1, 0.15) is 6.42 Å². The predicted molar refractivity (Wildman–Crippen MR) is 25.5 cm³/mol. The third kappa shape index (κ3) is 0.598. The van der Waals surface area contributed by atoms with Crippen LogP contribution in [-0.4, -0.2) is 17.5 Å². The van der Waals surface area contributed by atoms with E-state index in [0.717, 1.165) is 0 Å². The van der Waals surface area contributed by atoms with Crippen LogP contribution in [-0.2, 0) is 9.59 Å². The molecule has 0 aromatic heterocycles. The Bertz CT molecular complexity index is 155. The maximum atomic E-state index is 10.2. The summed E-state index contributed by atoms with van der Waals surface area (Å²) in [6.07, 6.45) is -0.0567. The SMILES string of the molecule is N=C1CC(=O)NC1=O. The highest BCUT2D eigenvalue weighted by Crippen LogP contribution is 1.92. The van der Waals surface area contributed by atoms with Crippen LogP contribution in [0.3, 0.4) is 0 Å². The number of hydrogen-bond acceptors (Lipinski definition) is 3. The van der Waals surface area contributed by atoms with Crippen LogP contribution in [0.4, 0.5) is 0 Å². The first-order chi connectivity index (χ1) is 3.70. The smallest absolute Gasteiger partial charge is 0.272 e. The molecule has 0 aliphatic carbocycles. The lowest BCUT2D eigenvalue weighted by atomic mass is 10.3. The van der Waals surface area contributed by atoms with E-state index in [1.165, 1.54) is 0 Å². The van der Waals surface area contributed by atoms with Crippen LogP contribution in [0, 0.1) is 5.41 Å². The van der Waals surface area contributed by atoms with Gasteiger partial charge in [-0.15, -0.1) is 0 Å². The van der Waals surface area contributed by atoms with Crippen molar-refractivity contribution in [3.05, 3.63) is 0 Å². The summed E-state index contributed by atoms with van der Waals surface area (Å²) in [5, 5.41) is 8.72. The van der Waals surface area contributed by atoms with Crippen molar-refractivity contribution in [1.29, 1.82) is 5.41 Å². The molecule has 0 unspecified atom stereocenters. The molecule has 0 saturated carbocycles. The zero-order valence-electron chi connectivity index (χ0n) is 4.02. The molecule has 2 N–H and O–H groups in total. The molecule has 1 heterocycles. The number of amides is 2. The van der Waals surface area contributed by atoms with Gasteiger partial charge in [0.1, 0.15) is 5.71 Å². The highest BCUT2D eigenvalue weighted by atomic mass is 16.2. The summed E-state index contributed by atoms with van der Waals surface area (Å²) in [4.78, 5) is 20.4. The quantitative estimate of drug-likeness (QED) is 0.397. The number of carbonyl (C=O) groups excluding carboxylic acids is 2. The van der Waals surface area contributed by atoms with Gasteiger partial charge in [-0.05, 0) is 0 Å². The van der Waals surface area contributed by atoms with E-state index in [2.05, 4.69) is 0 Å². The second-order valence-electron chi connectivity index (χ2n) is 1.53. The summed E-state index contributed by atoms with van der Waals surface area (Å²) in [6.45, 7) is 0. The van der Waals surface area contributed by atoms with Crippen LogP contribution >= 0.6 is 0 Å². The average Bonchev–Trinajstić information content (AvgIpc) is 1.85. The second-order valence-corrected chi connectivity index (χ2v) is 1.53. The summed E-state index contributed by atoms with van der Waals surface area (Å²) in [5.41, 5.74) is -0.144. The van der Waals surface area contributed by atoms with Crippen LogP contribution in [0.25, 0.3) is 0 Å². The van der Waals surface area contributed by atoms with Crippen molar-refractivity contribution < 1.29 is 9.59 Å². The molecule has 0 spiro atoms. The van der Waals surface area contributed by atoms with E-state index < -0.39 is 5.91 Å². The van der Waals surface area contributed by atoms with Crippen molar-refractivity contribution in [3.63, 3.8) is 0 Å². The van der Waals surface area contributed by atoms with Gasteiger partial charge in [-0.25, -0.2) is 0 Å². The van der Waals surface area contributed by atoms with E-state index in [1.54, 1.807) is 0 Å². The van der Waals surface area contributed by atoms with E-state index in [1.807, 2.05) is 5.32 Å². The van der Waals surface area contributed by atoms with Crippen molar-refractivity contribution in [2.45, 2.75) is 6.42 Å². The molecule has 0 atom stereocenters. The summed E-state index contributed by atoms with van der Waals surface area (Å²) < 4.78 is 0. The zero-order chi connectivity index (χ0) is 6.15. The molecule has 0 aromatic rings. The largest absolute Gasteiger partial charge is 0.299 e. The van der Waals surface area contributed by atoms with E-state index in [0.29, 0.717) is 0 Å². The highest BCUT2D eigenvalue weighted by Gasteiger charge is 2.23. The first kappa shape index (κ1) is 4.96. The fraction of sp³-hybridized carbons (Fsp3) is 0.250. The summed E-state index contributed by atoms with van der Waals surface area (Å²) in [6, 6.07) is 0. The van der Waals surface area contributed by atoms with E-state index in [9.17, 15) is 9.59 Å². The molecule has 1 fully saturated rings. The van der Waals surface area contributed by atoms with Gasteiger partial charge in [0.25, 0.3) is 5.91 Å². The lowest BCUT2D eigenvalue weighted by molar-refractivity contribution is -0.123. The fourth-order valence-electron chi connectivity index (χ4n) is 0.487.